The lowest BCUT2D eigenvalue weighted by Gasteiger charge is -2.39. The van der Waals surface area contributed by atoms with Crippen molar-refractivity contribution in [1.29, 1.82) is 0 Å². The Bertz CT molecular complexity index is 6200. The first-order chi connectivity index (χ1) is 61.8. The standard InChI is InChI=1S/C53H62FN9O8S.C42H45FN8O4S/c1-8-33-14-16-42(72-33)50-63-37-15-13-29(35-24-55-46(57-35)39-12-10-18-62(39)49(65)45(60-52(67)69-7)32-23-53(4,5)27-70-26-32)19-31(37)21-40(63)43-34(54)20-30(22-41(43)71-50)36-25-56-47(58-36)38-11-9-17-61(38)48(64)44(28(2)3)59-51(66)68-6;1-5-26-11-13-35(56-26)41-51-31-12-10-23(29-20-45-38(47-29)28-8-6-14-44-28)16-25(31)18-33(51)36-27(43)17-24(19-34(36)55-41)30-21-46-39(48-30)32-9-7-15-50(32)40(52)37(22(2)3)49-42(53)54-4/h13-16,19-22,24-25,28,32,38-39,44-45,50H,8-12,17-18,23,26-27H2,1-7H3,(H,55,57)(H,56,58)(H,59,66)(H,60,67);10-13,16-22,28,32,37,41,44H,5-9,14-15H2,1-4H3,(H,45,47)(H,46,48)(H,49,53)/t32?,38-,39-,44-,45+,50?;28-,32-,37-,41?/m00/s1. The molecule has 15 heterocycles. The molecule has 6 amide bonds. The lowest BCUT2D eigenvalue weighted by Crippen LogP contribution is -2.55. The summed E-state index contributed by atoms with van der Waals surface area (Å²) >= 11 is 3.36. The highest BCUT2D eigenvalue weighted by molar-refractivity contribution is 7.12. The molecule has 0 spiro atoms. The Balaban J connectivity index is 0.000000178. The number of aromatic amines is 4. The van der Waals surface area contributed by atoms with E-state index in [0.29, 0.717) is 127 Å². The smallest absolute Gasteiger partial charge is 0.407 e. The zero-order valence-electron chi connectivity index (χ0n) is 73.5. The molecule has 7 aliphatic heterocycles. The number of nitrogens with zero attached hydrogens (tertiary/aromatic N) is 9. The van der Waals surface area contributed by atoms with Gasteiger partial charge in [0.25, 0.3) is 0 Å². The van der Waals surface area contributed by atoms with Gasteiger partial charge in [0.15, 0.2) is 0 Å². The predicted molar refractivity (Wildman–Crippen MR) is 481 cm³/mol. The van der Waals surface area contributed by atoms with Crippen LogP contribution in [0.25, 0.3) is 89.4 Å². The second-order valence-corrected chi connectivity index (χ2v) is 38.1. The van der Waals surface area contributed by atoms with Gasteiger partial charge in [-0.05, 0) is 179 Å². The number of halogens is 2. The van der Waals surface area contributed by atoms with Gasteiger partial charge in [0.05, 0.1) is 150 Å². The molecule has 0 bridgehead atoms. The molecule has 8 N–H and O–H groups in total. The number of amides is 6. The Hall–Kier alpha value is -12.2. The molecule has 670 valence electrons. The third kappa shape index (κ3) is 16.7. The van der Waals surface area contributed by atoms with E-state index in [1.54, 1.807) is 51.1 Å². The Morgan fingerprint density at radius 3 is 1.34 bits per heavy atom. The Labute approximate surface area is 747 Å². The fraction of sp³-hybridized carbons (Fsp3) is 0.432. The SMILES string of the molecule is CCc1ccc(C2Oc3cc(-c4cnc([C@@H]5CCCN5C(=O)[C@@H](NC(=O)OC)C(C)C)[nH]4)cc(F)c3-c3cc4cc(-c5cnc([C@@H]6CCCN6)[nH]5)ccc4n32)s1.CCc1ccc(C2Oc3cc(-c4cnc([C@@H]5CCCN5C(=O)[C@@H](NC(=O)OC)C(C)C)[nH]4)cc(F)c3-c3cc4cc(-c5cnc([C@@H]6CCCN6C(=O)[C@H](NC(=O)OC)C6COCC(C)(C)C6)[nH]5)ccc4n32)s1. The van der Waals surface area contributed by atoms with E-state index >= 15 is 8.78 Å². The van der Waals surface area contributed by atoms with Crippen LogP contribution in [0.1, 0.15) is 193 Å². The summed E-state index contributed by atoms with van der Waals surface area (Å²) in [5.74, 6) is 1.58. The van der Waals surface area contributed by atoms with Crippen molar-refractivity contribution >= 4 is 80.5 Å². The van der Waals surface area contributed by atoms with E-state index < -0.39 is 60.5 Å². The van der Waals surface area contributed by atoms with Crippen molar-refractivity contribution in [3.05, 3.63) is 176 Å². The van der Waals surface area contributed by atoms with Gasteiger partial charge in [-0.25, -0.2) is 43.1 Å². The summed E-state index contributed by atoms with van der Waals surface area (Å²) in [4.78, 5) is 121. The number of likely N-dealkylation sites (tertiary alicyclic amines) is 3. The lowest BCUT2D eigenvalue weighted by molar-refractivity contribution is -0.139. The van der Waals surface area contributed by atoms with E-state index in [2.05, 4.69) is 143 Å². The van der Waals surface area contributed by atoms with Gasteiger partial charge in [-0.2, -0.15) is 0 Å². The molecule has 7 aliphatic rings. The summed E-state index contributed by atoms with van der Waals surface area (Å²) in [5.41, 5.74) is 9.68. The highest BCUT2D eigenvalue weighted by atomic mass is 32.1. The highest BCUT2D eigenvalue weighted by Crippen LogP contribution is 2.52. The van der Waals surface area contributed by atoms with Gasteiger partial charge >= 0.3 is 18.3 Å². The van der Waals surface area contributed by atoms with Crippen LogP contribution in [-0.4, -0.2) is 179 Å². The molecule has 5 saturated heterocycles. The lowest BCUT2D eigenvalue weighted by atomic mass is 9.78. The summed E-state index contributed by atoms with van der Waals surface area (Å²) in [6.07, 6.45) is 13.0. The molecule has 12 aromatic rings. The van der Waals surface area contributed by atoms with E-state index in [4.69, 9.17) is 38.4 Å². The number of methoxy groups -OCH3 is 3. The fourth-order valence-electron chi connectivity index (χ4n) is 19.5. The number of carbonyl (C=O) groups is 6. The number of H-pyrrole nitrogens is 4. The first-order valence-corrected chi connectivity index (χ1v) is 45.9. The number of nitrogens with one attached hydrogen (secondary N) is 8. The van der Waals surface area contributed by atoms with E-state index in [1.807, 2.05) is 69.1 Å². The first kappa shape index (κ1) is 86.5. The van der Waals surface area contributed by atoms with E-state index in [1.165, 1.54) is 43.2 Å². The van der Waals surface area contributed by atoms with Crippen molar-refractivity contribution in [3.63, 3.8) is 0 Å². The molecule has 29 nitrogen and oxygen atoms in total. The molecular formula is C95H107F2N17O12S2. The average Bonchev–Trinajstić information content (AvgIpc) is 1.56. The Morgan fingerprint density at radius 2 is 0.938 bits per heavy atom. The van der Waals surface area contributed by atoms with Crippen LogP contribution in [-0.2, 0) is 46.2 Å². The summed E-state index contributed by atoms with van der Waals surface area (Å²) in [6.45, 7) is 19.5. The number of rotatable bonds is 21. The number of benzene rings is 4. The maximum absolute atomic E-state index is 16.9. The predicted octanol–water partition coefficient (Wildman–Crippen LogP) is 17.5. The number of hydrogen-bond donors (Lipinski definition) is 8. The summed E-state index contributed by atoms with van der Waals surface area (Å²) in [5, 5.41) is 13.6. The number of carbonyl (C=O) groups excluding carboxylic acids is 6. The van der Waals surface area contributed by atoms with Crippen molar-refractivity contribution < 1.29 is 66.0 Å². The monoisotopic (exact) mass is 1780 g/mol. The fourth-order valence-corrected chi connectivity index (χ4v) is 21.5. The van der Waals surface area contributed by atoms with Gasteiger partial charge in [0.1, 0.15) is 64.6 Å². The van der Waals surface area contributed by atoms with Crippen LogP contribution in [0, 0.1) is 34.8 Å². The second-order valence-electron chi connectivity index (χ2n) is 35.7. The molecule has 5 fully saturated rings. The third-order valence-electron chi connectivity index (χ3n) is 26.0. The number of ether oxygens (including phenoxy) is 6. The highest BCUT2D eigenvalue weighted by Gasteiger charge is 2.46. The molecule has 10 atom stereocenters. The van der Waals surface area contributed by atoms with Crippen LogP contribution in [0.15, 0.2) is 122 Å². The number of alkyl carbamates (subject to hydrolysis) is 3. The van der Waals surface area contributed by atoms with Crippen LogP contribution in [0.2, 0.25) is 0 Å². The van der Waals surface area contributed by atoms with Crippen LogP contribution >= 0.6 is 22.7 Å². The minimum Gasteiger partial charge on any atom is -0.464 e. The van der Waals surface area contributed by atoms with Crippen LogP contribution in [0.3, 0.4) is 0 Å². The van der Waals surface area contributed by atoms with Crippen molar-refractivity contribution in [1.82, 2.24) is 85.0 Å². The third-order valence-corrected chi connectivity index (χ3v) is 28.5. The summed E-state index contributed by atoms with van der Waals surface area (Å²) < 4.78 is 71.9. The number of aromatic nitrogens is 10. The van der Waals surface area contributed by atoms with Gasteiger partial charge in [-0.3, -0.25) is 23.5 Å². The van der Waals surface area contributed by atoms with Crippen molar-refractivity contribution in [2.75, 3.05) is 60.7 Å². The van der Waals surface area contributed by atoms with Gasteiger partial charge in [-0.1, -0.05) is 67.5 Å². The van der Waals surface area contributed by atoms with Gasteiger partial charge in [0, 0.05) is 68.3 Å². The van der Waals surface area contributed by atoms with E-state index in [9.17, 15) is 28.8 Å². The Kier molecular flexibility index (Phi) is 24.2. The minimum absolute atomic E-state index is 0.149. The largest absolute Gasteiger partial charge is 0.464 e. The van der Waals surface area contributed by atoms with Gasteiger partial charge < -0.3 is 84.3 Å². The molecule has 33 heteroatoms. The molecular weight excluding hydrogens is 1670 g/mol. The van der Waals surface area contributed by atoms with E-state index in [-0.39, 0.29) is 65.1 Å². The molecule has 128 heavy (non-hydrogen) atoms. The zero-order valence-corrected chi connectivity index (χ0v) is 75.1. The van der Waals surface area contributed by atoms with Crippen LogP contribution in [0.5, 0.6) is 11.5 Å². The average molecular weight is 1780 g/mol. The number of imidazole rings is 4. The molecule has 8 aromatic heterocycles. The maximum Gasteiger partial charge on any atom is 0.407 e. The quantitative estimate of drug-likeness (QED) is 0.0310. The summed E-state index contributed by atoms with van der Waals surface area (Å²) in [6, 6.07) is 28.5. The van der Waals surface area contributed by atoms with Crippen LogP contribution < -0.4 is 30.7 Å². The maximum atomic E-state index is 16.9. The van der Waals surface area contributed by atoms with Gasteiger partial charge in [-0.15, -0.1) is 22.7 Å². The van der Waals surface area contributed by atoms with Gasteiger partial charge in [0.2, 0.25) is 30.2 Å². The second kappa shape index (κ2) is 35.8. The molecule has 19 rings (SSSR count). The molecule has 4 aromatic carbocycles. The molecule has 0 aliphatic carbocycles. The summed E-state index contributed by atoms with van der Waals surface area (Å²) in [7, 11) is 3.84. The normalized spacial score (nSPS) is 20.5. The topological polar surface area (TPSA) is 340 Å². The van der Waals surface area contributed by atoms with Crippen molar-refractivity contribution in [2.45, 2.75) is 181 Å². The minimum atomic E-state index is -0.819. The number of aryl methyl sites for hydroxylation is 2. The number of hydrogen-bond acceptors (Lipinski definition) is 19. The molecule has 0 radical (unpaired) electrons. The molecule has 0 saturated carbocycles. The number of fused-ring (bicyclic) bond motifs is 10. The van der Waals surface area contributed by atoms with Crippen molar-refractivity contribution in [3.8, 4) is 79.0 Å². The number of thiophene rings is 2. The first-order valence-electron chi connectivity index (χ1n) is 44.3. The Morgan fingerprint density at radius 1 is 0.516 bits per heavy atom. The van der Waals surface area contributed by atoms with E-state index in [0.717, 1.165) is 117 Å². The van der Waals surface area contributed by atoms with Crippen molar-refractivity contribution in [2.24, 2.45) is 23.2 Å². The zero-order chi connectivity index (χ0) is 89.2. The van der Waals surface area contributed by atoms with Crippen LogP contribution in [0.4, 0.5) is 23.2 Å². The molecule has 3 unspecified atom stereocenters.